The highest BCUT2D eigenvalue weighted by Crippen LogP contribution is 2.50. The summed E-state index contributed by atoms with van der Waals surface area (Å²) in [7, 11) is 3.36. The van der Waals surface area contributed by atoms with Crippen LogP contribution in [0, 0.1) is 10.8 Å². The van der Waals surface area contributed by atoms with Crippen LogP contribution in [-0.2, 0) is 9.47 Å². The van der Waals surface area contributed by atoms with Gasteiger partial charge in [-0.25, -0.2) is 0 Å². The molecule has 0 aliphatic carbocycles. The van der Waals surface area contributed by atoms with E-state index < -0.39 is 0 Å². The van der Waals surface area contributed by atoms with Crippen molar-refractivity contribution in [2.24, 2.45) is 10.8 Å². The molecule has 2 heterocycles. The Morgan fingerprint density at radius 1 is 0.719 bits per heavy atom. The second kappa shape index (κ2) is 8.83. The molecule has 2 aliphatic heterocycles. The Morgan fingerprint density at radius 3 is 1.41 bits per heavy atom. The van der Waals surface area contributed by atoms with Gasteiger partial charge in [-0.15, -0.1) is 0 Å². The molecule has 2 aromatic rings. The van der Waals surface area contributed by atoms with E-state index in [0.29, 0.717) is 13.2 Å². The zero-order valence-corrected chi connectivity index (χ0v) is 19.9. The third-order valence-electron chi connectivity index (χ3n) is 6.25. The van der Waals surface area contributed by atoms with Crippen LogP contribution in [0.3, 0.4) is 0 Å². The van der Waals surface area contributed by atoms with Crippen molar-refractivity contribution in [1.29, 1.82) is 0 Å². The number of hydrogen-bond acceptors (Lipinski definition) is 6. The number of hydrogen-bond donors (Lipinski definition) is 0. The number of benzene rings is 2. The fourth-order valence-electron chi connectivity index (χ4n) is 4.35. The Bertz CT molecular complexity index is 874. The largest absolute Gasteiger partial charge is 0.496 e. The minimum absolute atomic E-state index is 0.00736. The topological polar surface area (TPSA) is 55.4 Å². The Kier molecular flexibility index (Phi) is 6.28. The molecule has 0 spiro atoms. The van der Waals surface area contributed by atoms with Gasteiger partial charge in [0.2, 0.25) is 0 Å². The van der Waals surface area contributed by atoms with Crippen molar-refractivity contribution in [3.05, 3.63) is 47.5 Å². The van der Waals surface area contributed by atoms with E-state index in [-0.39, 0.29) is 23.0 Å². The molecule has 0 radical (unpaired) electrons. The van der Waals surface area contributed by atoms with Crippen molar-refractivity contribution in [2.75, 3.05) is 40.6 Å². The average molecular weight is 443 g/mol. The molecular formula is C26H34O6. The molecule has 0 N–H and O–H groups in total. The standard InChI is InChI=1S/C26H34O6/c1-25(2)15-31-23(25)19-13-17(7-9-21(19)27-5)29-11-12-30-18-8-10-22(28-6)20(14-18)24-26(3,4)16-32-24/h7-10,13-14,23-24H,11-12,15-16H2,1-6H3. The summed E-state index contributed by atoms with van der Waals surface area (Å²) in [5.74, 6) is 3.18. The van der Waals surface area contributed by atoms with Crippen LogP contribution in [0.2, 0.25) is 0 Å². The molecule has 6 heteroatoms. The molecule has 2 unspecified atom stereocenters. The van der Waals surface area contributed by atoms with Crippen molar-refractivity contribution in [3.8, 4) is 23.0 Å². The van der Waals surface area contributed by atoms with Crippen LogP contribution in [0.1, 0.15) is 51.0 Å². The lowest BCUT2D eigenvalue weighted by Crippen LogP contribution is -2.40. The second-order valence-electron chi connectivity index (χ2n) is 9.86. The molecule has 4 rings (SSSR count). The monoisotopic (exact) mass is 442 g/mol. The molecule has 0 aromatic heterocycles. The molecule has 2 aromatic carbocycles. The van der Waals surface area contributed by atoms with Gasteiger partial charge in [-0.05, 0) is 36.4 Å². The van der Waals surface area contributed by atoms with Crippen LogP contribution in [0.15, 0.2) is 36.4 Å². The van der Waals surface area contributed by atoms with Crippen LogP contribution in [0.4, 0.5) is 0 Å². The van der Waals surface area contributed by atoms with Crippen LogP contribution in [0.5, 0.6) is 23.0 Å². The highest BCUT2D eigenvalue weighted by Gasteiger charge is 2.43. The van der Waals surface area contributed by atoms with Gasteiger partial charge in [0.25, 0.3) is 0 Å². The maximum absolute atomic E-state index is 5.96. The summed E-state index contributed by atoms with van der Waals surface area (Å²) in [4.78, 5) is 0. The van der Waals surface area contributed by atoms with Crippen LogP contribution < -0.4 is 18.9 Å². The lowest BCUT2D eigenvalue weighted by molar-refractivity contribution is -0.172. The molecule has 6 nitrogen and oxygen atoms in total. The van der Waals surface area contributed by atoms with Gasteiger partial charge in [0.1, 0.15) is 36.2 Å². The maximum Gasteiger partial charge on any atom is 0.124 e. The smallest absolute Gasteiger partial charge is 0.124 e. The molecule has 32 heavy (non-hydrogen) atoms. The van der Waals surface area contributed by atoms with Crippen LogP contribution in [-0.4, -0.2) is 40.6 Å². The number of rotatable bonds is 9. The first-order valence-corrected chi connectivity index (χ1v) is 11.1. The van der Waals surface area contributed by atoms with Crippen molar-refractivity contribution < 1.29 is 28.4 Å². The van der Waals surface area contributed by atoms with Gasteiger partial charge in [-0.2, -0.15) is 0 Å². The van der Waals surface area contributed by atoms with Crippen molar-refractivity contribution >= 4 is 0 Å². The first kappa shape index (κ1) is 22.7. The Hall–Kier alpha value is -2.44. The summed E-state index contributed by atoms with van der Waals surface area (Å²) in [6.07, 6.45) is 0.0147. The summed E-state index contributed by atoms with van der Waals surface area (Å²) in [6.45, 7) is 11.1. The Balaban J connectivity index is 1.37. The van der Waals surface area contributed by atoms with Gasteiger partial charge in [-0.3, -0.25) is 0 Å². The molecule has 174 valence electrons. The number of methoxy groups -OCH3 is 2. The normalized spacial score (nSPS) is 22.9. The molecule has 2 aliphatic rings. The minimum atomic E-state index is 0.00736. The van der Waals surface area contributed by atoms with Crippen LogP contribution >= 0.6 is 0 Å². The predicted molar refractivity (Wildman–Crippen MR) is 122 cm³/mol. The van der Waals surface area contributed by atoms with Crippen molar-refractivity contribution in [2.45, 2.75) is 39.9 Å². The quantitative estimate of drug-likeness (QED) is 0.488. The Labute approximate surface area is 190 Å². The van der Waals surface area contributed by atoms with Gasteiger partial charge >= 0.3 is 0 Å². The van der Waals surface area contributed by atoms with E-state index >= 15 is 0 Å². The van der Waals surface area contributed by atoms with Gasteiger partial charge in [-0.1, -0.05) is 27.7 Å². The summed E-state index contributed by atoms with van der Waals surface area (Å²) >= 11 is 0. The van der Waals surface area contributed by atoms with E-state index in [0.717, 1.165) is 47.3 Å². The van der Waals surface area contributed by atoms with Gasteiger partial charge in [0.15, 0.2) is 0 Å². The number of ether oxygens (including phenoxy) is 6. The lowest BCUT2D eigenvalue weighted by Gasteiger charge is -2.44. The van der Waals surface area contributed by atoms with Crippen molar-refractivity contribution in [1.82, 2.24) is 0 Å². The molecule has 0 bridgehead atoms. The average Bonchev–Trinajstić information content (AvgIpc) is 2.76. The SMILES string of the molecule is COc1ccc(OCCOc2ccc(OC)c(C3OCC3(C)C)c2)cc1C1OCC1(C)C. The lowest BCUT2D eigenvalue weighted by atomic mass is 9.78. The van der Waals surface area contributed by atoms with E-state index in [1.54, 1.807) is 14.2 Å². The maximum atomic E-state index is 5.96. The third kappa shape index (κ3) is 4.39. The molecule has 2 atom stereocenters. The molecule has 0 saturated carbocycles. The molecule has 2 fully saturated rings. The minimum Gasteiger partial charge on any atom is -0.496 e. The van der Waals surface area contributed by atoms with Gasteiger partial charge in [0.05, 0.1) is 39.6 Å². The molecule has 0 amide bonds. The van der Waals surface area contributed by atoms with E-state index in [9.17, 15) is 0 Å². The highest BCUT2D eigenvalue weighted by molar-refractivity contribution is 5.44. The zero-order chi connectivity index (χ0) is 22.9. The first-order valence-electron chi connectivity index (χ1n) is 11.1. The Morgan fingerprint density at radius 2 is 1.12 bits per heavy atom. The summed E-state index contributed by atoms with van der Waals surface area (Å²) < 4.78 is 34.6. The summed E-state index contributed by atoms with van der Waals surface area (Å²) in [5, 5.41) is 0. The van der Waals surface area contributed by atoms with E-state index in [2.05, 4.69) is 27.7 Å². The van der Waals surface area contributed by atoms with Crippen molar-refractivity contribution in [3.63, 3.8) is 0 Å². The summed E-state index contributed by atoms with van der Waals surface area (Å²) in [6, 6.07) is 11.7. The second-order valence-corrected chi connectivity index (χ2v) is 9.86. The zero-order valence-electron chi connectivity index (χ0n) is 19.9. The third-order valence-corrected chi connectivity index (χ3v) is 6.25. The summed E-state index contributed by atoms with van der Waals surface area (Å²) in [5.41, 5.74) is 2.20. The van der Waals surface area contributed by atoms with E-state index in [1.807, 2.05) is 36.4 Å². The molecular weight excluding hydrogens is 408 g/mol. The van der Waals surface area contributed by atoms with E-state index in [1.165, 1.54) is 0 Å². The predicted octanol–water partition coefficient (Wildman–Crippen LogP) is 5.36. The van der Waals surface area contributed by atoms with Gasteiger partial charge < -0.3 is 28.4 Å². The van der Waals surface area contributed by atoms with E-state index in [4.69, 9.17) is 28.4 Å². The molecule has 2 saturated heterocycles. The fourth-order valence-corrected chi connectivity index (χ4v) is 4.35. The van der Waals surface area contributed by atoms with Crippen LogP contribution in [0.25, 0.3) is 0 Å². The van der Waals surface area contributed by atoms with Gasteiger partial charge in [0, 0.05) is 22.0 Å². The fraction of sp³-hybridized carbons (Fsp3) is 0.538. The first-order chi connectivity index (χ1) is 15.2. The highest BCUT2D eigenvalue weighted by atomic mass is 16.5.